The van der Waals surface area contributed by atoms with Crippen molar-refractivity contribution >= 4 is 5.91 Å². The first-order valence-electron chi connectivity index (χ1n) is 10.1. The molecule has 0 aliphatic carbocycles. The van der Waals surface area contributed by atoms with Gasteiger partial charge in [-0.3, -0.25) is 14.3 Å². The van der Waals surface area contributed by atoms with Crippen LogP contribution < -0.4 is 5.43 Å². The van der Waals surface area contributed by atoms with Gasteiger partial charge in [-0.15, -0.1) is 0 Å². The van der Waals surface area contributed by atoms with E-state index < -0.39 is 40.7 Å². The highest BCUT2D eigenvalue weighted by Gasteiger charge is 2.48. The minimum absolute atomic E-state index is 0.195. The monoisotopic (exact) mass is 423 g/mol. The Balaban J connectivity index is 1.79. The van der Waals surface area contributed by atoms with Crippen LogP contribution in [0.15, 0.2) is 59.5 Å². The van der Waals surface area contributed by atoms with Gasteiger partial charge in [-0.05, 0) is 42.2 Å². The summed E-state index contributed by atoms with van der Waals surface area (Å²) in [5, 5.41) is 14.6. The first kappa shape index (κ1) is 19.4. The van der Waals surface area contributed by atoms with Gasteiger partial charge >= 0.3 is 0 Å². The molecule has 158 valence electrons. The second-order valence-electron chi connectivity index (χ2n) is 7.90. The maximum atomic E-state index is 15.0. The summed E-state index contributed by atoms with van der Waals surface area (Å²) in [6, 6.07) is 11.2. The average molecular weight is 423 g/mol. The van der Waals surface area contributed by atoms with E-state index in [-0.39, 0.29) is 11.7 Å². The van der Waals surface area contributed by atoms with Crippen molar-refractivity contribution in [3.63, 3.8) is 0 Å². The van der Waals surface area contributed by atoms with Crippen molar-refractivity contribution in [1.82, 2.24) is 14.7 Å². The molecule has 0 unspecified atom stereocenters. The van der Waals surface area contributed by atoms with Crippen LogP contribution in [-0.2, 0) is 0 Å². The fourth-order valence-corrected chi connectivity index (χ4v) is 4.90. The number of benzene rings is 2. The molecule has 3 atom stereocenters. The summed E-state index contributed by atoms with van der Waals surface area (Å²) < 4.78 is 30.0. The highest BCUT2D eigenvalue weighted by atomic mass is 19.1. The van der Waals surface area contributed by atoms with Crippen molar-refractivity contribution in [2.75, 3.05) is 6.54 Å². The van der Waals surface area contributed by atoms with Gasteiger partial charge in [-0.2, -0.15) is 5.10 Å². The van der Waals surface area contributed by atoms with Crippen molar-refractivity contribution in [3.05, 3.63) is 93.4 Å². The molecule has 1 amide bonds. The van der Waals surface area contributed by atoms with Crippen molar-refractivity contribution in [2.24, 2.45) is 0 Å². The molecule has 3 heterocycles. The van der Waals surface area contributed by atoms with Gasteiger partial charge in [-0.25, -0.2) is 8.78 Å². The van der Waals surface area contributed by atoms with Gasteiger partial charge in [0.05, 0.1) is 18.3 Å². The Morgan fingerprint density at radius 2 is 1.81 bits per heavy atom. The lowest BCUT2D eigenvalue weighted by Gasteiger charge is -2.42. The Kier molecular flexibility index (Phi) is 4.57. The van der Waals surface area contributed by atoms with E-state index >= 15 is 4.39 Å². The van der Waals surface area contributed by atoms with Crippen molar-refractivity contribution in [3.8, 4) is 5.75 Å². The normalized spacial score (nSPS) is 21.0. The molecule has 31 heavy (non-hydrogen) atoms. The smallest absolute Gasteiger partial charge is 0.276 e. The minimum atomic E-state index is -0.750. The van der Waals surface area contributed by atoms with Crippen LogP contribution in [-0.4, -0.2) is 38.3 Å². The Labute approximate surface area is 176 Å². The number of hydrogen-bond donors (Lipinski definition) is 1. The minimum Gasteiger partial charge on any atom is -0.502 e. The third kappa shape index (κ3) is 3.01. The van der Waals surface area contributed by atoms with Crippen LogP contribution in [0.1, 0.15) is 46.4 Å². The Bertz CT molecular complexity index is 1230. The zero-order valence-corrected chi connectivity index (χ0v) is 16.4. The molecule has 1 N–H and O–H groups in total. The average Bonchev–Trinajstić information content (AvgIpc) is 3.25. The highest BCUT2D eigenvalue weighted by molar-refractivity contribution is 5.96. The highest BCUT2D eigenvalue weighted by Crippen LogP contribution is 2.46. The number of fused-ring (bicyclic) bond motifs is 2. The Morgan fingerprint density at radius 3 is 2.55 bits per heavy atom. The molecule has 1 saturated heterocycles. The van der Waals surface area contributed by atoms with Crippen LogP contribution in [0, 0.1) is 11.6 Å². The number of amides is 1. The summed E-state index contributed by atoms with van der Waals surface area (Å²) >= 11 is 0. The van der Waals surface area contributed by atoms with Gasteiger partial charge < -0.3 is 10.0 Å². The number of carbonyl (C=O) groups is 1. The van der Waals surface area contributed by atoms with E-state index in [1.807, 2.05) is 0 Å². The molecule has 5 rings (SSSR count). The van der Waals surface area contributed by atoms with Crippen molar-refractivity contribution < 1.29 is 18.7 Å². The lowest BCUT2D eigenvalue weighted by molar-refractivity contribution is 0.0564. The first-order chi connectivity index (χ1) is 15.0. The first-order valence-corrected chi connectivity index (χ1v) is 10.1. The quantitative estimate of drug-likeness (QED) is 0.702. The number of halogens is 2. The third-order valence-electron chi connectivity index (χ3n) is 6.24. The van der Waals surface area contributed by atoms with Crippen LogP contribution in [0.25, 0.3) is 0 Å². The molecule has 1 aromatic heterocycles. The van der Waals surface area contributed by atoms with Gasteiger partial charge in [0.1, 0.15) is 11.6 Å². The van der Waals surface area contributed by atoms with E-state index in [4.69, 9.17) is 0 Å². The topological polar surface area (TPSA) is 75.4 Å². The number of nitrogens with zero attached hydrogens (tertiary/aromatic N) is 3. The molecule has 2 aromatic carbocycles. The molecular formula is C23H19F2N3O3. The van der Waals surface area contributed by atoms with Gasteiger partial charge in [0.2, 0.25) is 5.43 Å². The standard InChI is InChI=1S/C23H19F2N3O3/c24-14-9-7-13(8-10-14)19(15-4-1-2-5-16(15)25)20-17-6-3-11-27(17)23(31)21-22(30)18(29)12-26-28(20)21/h1-2,4-5,7-10,12,17,19-20,30H,3,6,11H2/t17-,19-,20-/m1/s1. The van der Waals surface area contributed by atoms with Gasteiger partial charge in [-0.1, -0.05) is 30.3 Å². The molecule has 0 radical (unpaired) electrons. The molecule has 1 fully saturated rings. The molecule has 0 bridgehead atoms. The number of carbonyl (C=O) groups excluding carboxylic acids is 1. The van der Waals surface area contributed by atoms with Crippen molar-refractivity contribution in [1.29, 1.82) is 0 Å². The fourth-order valence-electron chi connectivity index (χ4n) is 4.90. The molecule has 8 heteroatoms. The van der Waals surface area contributed by atoms with Gasteiger partial charge in [0.25, 0.3) is 5.91 Å². The van der Waals surface area contributed by atoms with E-state index in [1.165, 1.54) is 22.9 Å². The van der Waals surface area contributed by atoms with Gasteiger partial charge in [0.15, 0.2) is 11.4 Å². The Morgan fingerprint density at radius 1 is 1.06 bits per heavy atom. The predicted molar refractivity (Wildman–Crippen MR) is 108 cm³/mol. The predicted octanol–water partition coefficient (Wildman–Crippen LogP) is 3.22. The molecule has 0 saturated carbocycles. The van der Waals surface area contributed by atoms with Gasteiger partial charge in [0, 0.05) is 12.5 Å². The van der Waals surface area contributed by atoms with Crippen LogP contribution >= 0.6 is 0 Å². The molecule has 3 aromatic rings. The number of aromatic hydroxyl groups is 1. The summed E-state index contributed by atoms with van der Waals surface area (Å²) in [7, 11) is 0. The van der Waals surface area contributed by atoms with E-state index in [1.54, 1.807) is 35.2 Å². The van der Waals surface area contributed by atoms with Crippen LogP contribution in [0.3, 0.4) is 0 Å². The van der Waals surface area contributed by atoms with Crippen LogP contribution in [0.5, 0.6) is 5.75 Å². The maximum Gasteiger partial charge on any atom is 0.276 e. The number of aromatic nitrogens is 2. The van der Waals surface area contributed by atoms with E-state index in [2.05, 4.69) is 5.10 Å². The zero-order chi connectivity index (χ0) is 21.7. The van der Waals surface area contributed by atoms with E-state index in [0.717, 1.165) is 12.6 Å². The molecule has 2 aliphatic rings. The largest absolute Gasteiger partial charge is 0.502 e. The number of rotatable bonds is 3. The second-order valence-corrected chi connectivity index (χ2v) is 7.90. The summed E-state index contributed by atoms with van der Waals surface area (Å²) in [4.78, 5) is 26.7. The number of hydrogen-bond acceptors (Lipinski definition) is 4. The molecule has 2 aliphatic heterocycles. The fraction of sp³-hybridized carbons (Fsp3) is 0.261. The van der Waals surface area contributed by atoms with Crippen LogP contribution in [0.2, 0.25) is 0 Å². The summed E-state index contributed by atoms with van der Waals surface area (Å²) in [6.45, 7) is 0.468. The SMILES string of the molecule is O=C1c2c(O)c(=O)cnn2[C@@H]([C@H](c2ccc(F)cc2)c2ccccc2F)[C@H]2CCCN12. The van der Waals surface area contributed by atoms with E-state index in [9.17, 15) is 19.1 Å². The summed E-state index contributed by atoms with van der Waals surface area (Å²) in [5.74, 6) is -2.62. The lowest BCUT2D eigenvalue weighted by atomic mass is 9.79. The third-order valence-corrected chi connectivity index (χ3v) is 6.24. The molecule has 6 nitrogen and oxygen atoms in total. The Hall–Kier alpha value is -3.55. The van der Waals surface area contributed by atoms with E-state index in [0.29, 0.717) is 24.1 Å². The summed E-state index contributed by atoms with van der Waals surface area (Å²) in [5.41, 5.74) is 0.0641. The lowest BCUT2D eigenvalue weighted by Crippen LogP contribution is -2.51. The summed E-state index contributed by atoms with van der Waals surface area (Å²) in [6.07, 6.45) is 2.36. The molecule has 0 spiro atoms. The maximum absolute atomic E-state index is 15.0. The second kappa shape index (κ2) is 7.30. The zero-order valence-electron chi connectivity index (χ0n) is 16.4. The molecular weight excluding hydrogens is 404 g/mol. The van der Waals surface area contributed by atoms with Crippen LogP contribution in [0.4, 0.5) is 8.78 Å². The van der Waals surface area contributed by atoms with Crippen molar-refractivity contribution in [2.45, 2.75) is 30.8 Å².